The maximum atomic E-state index is 15.2. The van der Waals surface area contributed by atoms with E-state index in [-0.39, 0.29) is 23.1 Å². The van der Waals surface area contributed by atoms with E-state index in [1.165, 1.54) is 24.1 Å². The number of amides is 4. The van der Waals surface area contributed by atoms with Gasteiger partial charge in [0, 0.05) is 56.3 Å². The van der Waals surface area contributed by atoms with Gasteiger partial charge in [-0.05, 0) is 100 Å². The minimum absolute atomic E-state index is 0.0443. The number of anilines is 3. The van der Waals surface area contributed by atoms with Gasteiger partial charge in [0.05, 0.1) is 5.69 Å². The van der Waals surface area contributed by atoms with Gasteiger partial charge in [0.25, 0.3) is 5.91 Å². The molecule has 1 unspecified atom stereocenters. The maximum absolute atomic E-state index is 15.2. The van der Waals surface area contributed by atoms with Crippen molar-refractivity contribution in [1.82, 2.24) is 15.1 Å². The van der Waals surface area contributed by atoms with Crippen molar-refractivity contribution in [1.29, 1.82) is 0 Å². The highest BCUT2D eigenvalue weighted by molar-refractivity contribution is 6.05. The van der Waals surface area contributed by atoms with Gasteiger partial charge >= 0.3 is 6.09 Å². The molecule has 0 aromatic heterocycles. The first-order chi connectivity index (χ1) is 24.2. The number of benzene rings is 3. The molecular weight excluding hydrogens is 655 g/mol. The second-order valence-corrected chi connectivity index (χ2v) is 14.1. The van der Waals surface area contributed by atoms with Crippen LogP contribution in [0.4, 0.5) is 26.2 Å². The lowest BCUT2D eigenvalue weighted by molar-refractivity contribution is -0.127. The lowest BCUT2D eigenvalue weighted by Gasteiger charge is -2.36. The third-order valence-corrected chi connectivity index (χ3v) is 9.23. The van der Waals surface area contributed by atoms with Crippen molar-refractivity contribution in [3.63, 3.8) is 0 Å². The summed E-state index contributed by atoms with van der Waals surface area (Å²) in [5.74, 6) is -1.97. The van der Waals surface area contributed by atoms with Gasteiger partial charge in [-0.3, -0.25) is 24.2 Å². The Hall–Kier alpha value is -5.01. The first-order valence-electron chi connectivity index (χ1n) is 17.1. The van der Waals surface area contributed by atoms with Crippen molar-refractivity contribution in [2.45, 2.75) is 70.8 Å². The zero-order valence-electron chi connectivity index (χ0n) is 29.7. The third-order valence-electron chi connectivity index (χ3n) is 9.23. The number of nitrogens with zero attached hydrogens (tertiary/aromatic N) is 2. The molecule has 3 aromatic carbocycles. The summed E-state index contributed by atoms with van der Waals surface area (Å²) in [6.07, 6.45) is 0.795. The largest absolute Gasteiger partial charge is 0.444 e. The van der Waals surface area contributed by atoms with Crippen LogP contribution in [-0.4, -0.2) is 78.1 Å². The monoisotopic (exact) mass is 702 g/mol. The molecule has 272 valence electrons. The van der Waals surface area contributed by atoms with Gasteiger partial charge in [-0.2, -0.15) is 0 Å². The molecule has 2 heterocycles. The van der Waals surface area contributed by atoms with Crippen molar-refractivity contribution in [2.24, 2.45) is 5.92 Å². The molecule has 0 bridgehead atoms. The van der Waals surface area contributed by atoms with Crippen LogP contribution in [0.5, 0.6) is 0 Å². The number of nitrogen functional groups attached to an aromatic ring is 1. The van der Waals surface area contributed by atoms with Crippen LogP contribution in [0, 0.1) is 11.7 Å². The molecule has 0 aliphatic carbocycles. The Kier molecular flexibility index (Phi) is 11.6. The summed E-state index contributed by atoms with van der Waals surface area (Å²) in [5, 5.41) is 8.65. The van der Waals surface area contributed by atoms with E-state index in [4.69, 9.17) is 15.2 Å². The van der Waals surface area contributed by atoms with Crippen molar-refractivity contribution in [2.75, 3.05) is 43.2 Å². The van der Waals surface area contributed by atoms with Crippen LogP contribution in [0.3, 0.4) is 0 Å². The second-order valence-electron chi connectivity index (χ2n) is 14.1. The SMILES string of the molecule is C[C@@H](C(=O)NC(CN1Cc2ccccc2[C@H]1C(=O)Nc1cc(C(=O)Nc2ccc(N)cc2)ccc1F)C1CCOCC1)N(C)C(=O)OC(C)(C)C. The number of ether oxygens (including phenoxy) is 2. The zero-order chi connectivity index (χ0) is 36.9. The fraction of sp³-hybridized carbons (Fsp3) is 0.421. The summed E-state index contributed by atoms with van der Waals surface area (Å²) >= 11 is 0. The molecule has 12 nitrogen and oxygen atoms in total. The van der Waals surface area contributed by atoms with Crippen LogP contribution in [0.2, 0.25) is 0 Å². The summed E-state index contributed by atoms with van der Waals surface area (Å²) in [5.41, 5.74) is 7.79. The molecule has 3 aromatic rings. The van der Waals surface area contributed by atoms with Gasteiger partial charge in [-0.1, -0.05) is 24.3 Å². The van der Waals surface area contributed by atoms with Crippen LogP contribution < -0.4 is 21.7 Å². The molecular formula is C38H47FN6O6. The first kappa shape index (κ1) is 37.3. The number of fused-ring (bicyclic) bond motifs is 1. The molecule has 0 spiro atoms. The average molecular weight is 703 g/mol. The normalized spacial score (nSPS) is 17.5. The fourth-order valence-electron chi connectivity index (χ4n) is 6.32. The molecule has 13 heteroatoms. The van der Waals surface area contributed by atoms with E-state index in [0.717, 1.165) is 17.2 Å². The number of halogens is 1. The maximum Gasteiger partial charge on any atom is 0.410 e. The average Bonchev–Trinajstić information content (AvgIpc) is 3.46. The van der Waals surface area contributed by atoms with Crippen molar-refractivity contribution in [3.8, 4) is 0 Å². The fourth-order valence-corrected chi connectivity index (χ4v) is 6.32. The Bertz CT molecular complexity index is 1740. The number of carbonyl (C=O) groups excluding carboxylic acids is 4. The molecule has 4 amide bonds. The molecule has 2 aliphatic heterocycles. The standard InChI is InChI=1S/C38H47FN6O6/c1-23(44(5)37(49)51-38(2,3)4)34(46)43-32(24-16-18-50-19-17-24)22-45-21-26-8-6-7-9-29(26)33(45)36(48)42-31-20-25(10-15-30(31)39)35(47)41-28-13-11-27(40)12-14-28/h6-15,20,23-24,32-33H,16-19,21-22,40H2,1-5H3,(H,41,47)(H,42,48)(H,43,46)/t23-,32?,33-/m0/s1. The zero-order valence-corrected chi connectivity index (χ0v) is 29.7. The van der Waals surface area contributed by atoms with Gasteiger partial charge in [0.15, 0.2) is 0 Å². The molecule has 1 fully saturated rings. The molecule has 0 saturated carbocycles. The molecule has 3 atom stereocenters. The third kappa shape index (κ3) is 9.41. The van der Waals surface area contributed by atoms with Crippen LogP contribution >= 0.6 is 0 Å². The van der Waals surface area contributed by atoms with E-state index >= 15 is 4.39 Å². The summed E-state index contributed by atoms with van der Waals surface area (Å²) in [4.78, 5) is 56.7. The lowest BCUT2D eigenvalue weighted by Crippen LogP contribution is -2.55. The van der Waals surface area contributed by atoms with Crippen molar-refractivity contribution >= 4 is 40.9 Å². The number of hydrogen-bond donors (Lipinski definition) is 4. The number of likely N-dealkylation sites (N-methyl/N-ethyl adjacent to an activating group) is 1. The van der Waals surface area contributed by atoms with Gasteiger partial charge in [0.1, 0.15) is 23.5 Å². The minimum atomic E-state index is -0.829. The van der Waals surface area contributed by atoms with E-state index in [1.807, 2.05) is 29.2 Å². The molecule has 51 heavy (non-hydrogen) atoms. The predicted molar refractivity (Wildman–Crippen MR) is 192 cm³/mol. The Balaban J connectivity index is 1.35. The first-order valence-corrected chi connectivity index (χ1v) is 17.1. The predicted octanol–water partition coefficient (Wildman–Crippen LogP) is 5.32. The highest BCUT2D eigenvalue weighted by Gasteiger charge is 2.39. The van der Waals surface area contributed by atoms with Crippen molar-refractivity contribution < 1.29 is 33.0 Å². The van der Waals surface area contributed by atoms with Crippen LogP contribution in [0.1, 0.15) is 68.1 Å². The number of rotatable bonds is 10. The molecule has 5 N–H and O–H groups in total. The highest BCUT2D eigenvalue weighted by Crippen LogP contribution is 2.36. The molecule has 5 rings (SSSR count). The Morgan fingerprint density at radius 1 is 1.02 bits per heavy atom. The Morgan fingerprint density at radius 2 is 1.71 bits per heavy atom. The van der Waals surface area contributed by atoms with E-state index in [2.05, 4.69) is 16.0 Å². The van der Waals surface area contributed by atoms with Gasteiger partial charge in [-0.25, -0.2) is 9.18 Å². The van der Waals surface area contributed by atoms with E-state index in [1.54, 1.807) is 52.0 Å². The summed E-state index contributed by atoms with van der Waals surface area (Å²) in [7, 11) is 1.52. The molecule has 0 radical (unpaired) electrons. The lowest BCUT2D eigenvalue weighted by atomic mass is 9.90. The summed E-state index contributed by atoms with van der Waals surface area (Å²) in [6.45, 7) is 8.72. The minimum Gasteiger partial charge on any atom is -0.444 e. The van der Waals surface area contributed by atoms with Gasteiger partial charge < -0.3 is 31.2 Å². The van der Waals surface area contributed by atoms with Crippen molar-refractivity contribution in [3.05, 3.63) is 89.2 Å². The number of nitrogens with one attached hydrogen (secondary N) is 3. The molecule has 1 saturated heterocycles. The Morgan fingerprint density at radius 3 is 2.39 bits per heavy atom. The number of nitrogens with two attached hydrogens (primary N) is 1. The van der Waals surface area contributed by atoms with Crippen LogP contribution in [-0.2, 0) is 25.6 Å². The highest BCUT2D eigenvalue weighted by atomic mass is 19.1. The summed E-state index contributed by atoms with van der Waals surface area (Å²) < 4.78 is 26.2. The topological polar surface area (TPSA) is 155 Å². The number of carbonyl (C=O) groups is 4. The van der Waals surface area contributed by atoms with Crippen LogP contribution in [0.15, 0.2) is 66.7 Å². The quantitative estimate of drug-likeness (QED) is 0.207. The van der Waals surface area contributed by atoms with Gasteiger partial charge in [-0.15, -0.1) is 0 Å². The van der Waals surface area contributed by atoms with E-state index in [0.29, 0.717) is 50.5 Å². The molecule has 2 aliphatic rings. The van der Waals surface area contributed by atoms with E-state index in [9.17, 15) is 19.2 Å². The van der Waals surface area contributed by atoms with E-state index < -0.39 is 47.5 Å². The summed E-state index contributed by atoms with van der Waals surface area (Å²) in [6, 6.07) is 15.9. The second kappa shape index (κ2) is 15.9. The van der Waals surface area contributed by atoms with Crippen LogP contribution in [0.25, 0.3) is 0 Å². The van der Waals surface area contributed by atoms with Gasteiger partial charge in [0.2, 0.25) is 11.8 Å². The Labute approximate surface area is 297 Å². The smallest absolute Gasteiger partial charge is 0.410 e. The number of hydrogen-bond acceptors (Lipinski definition) is 8.